The van der Waals surface area contributed by atoms with Gasteiger partial charge in [0.1, 0.15) is 5.69 Å². The predicted octanol–water partition coefficient (Wildman–Crippen LogP) is 3.86. The average molecular weight is 402 g/mol. The van der Waals surface area contributed by atoms with Crippen LogP contribution in [0.5, 0.6) is 5.88 Å². The number of aryl methyl sites for hydroxylation is 1. The quantitative estimate of drug-likeness (QED) is 0.618. The number of amides is 1. The zero-order chi connectivity index (χ0) is 21.2. The first-order valence-electron chi connectivity index (χ1n) is 10.1. The number of hydroxylamine groups is 2. The number of fused-ring (bicyclic) bond motifs is 5. The van der Waals surface area contributed by atoms with Crippen molar-refractivity contribution in [2.45, 2.75) is 32.6 Å². The van der Waals surface area contributed by atoms with E-state index < -0.39 is 16.5 Å². The Kier molecular flexibility index (Phi) is 4.01. The first-order chi connectivity index (χ1) is 14.3. The van der Waals surface area contributed by atoms with Gasteiger partial charge in [-0.15, -0.1) is 0 Å². The lowest BCUT2D eigenvalue weighted by Gasteiger charge is -2.45. The van der Waals surface area contributed by atoms with Crippen LogP contribution in [-0.2, 0) is 4.79 Å². The Bertz CT molecular complexity index is 1170. The van der Waals surface area contributed by atoms with Gasteiger partial charge in [-0.1, -0.05) is 6.07 Å². The Labute approximate surface area is 174 Å². The summed E-state index contributed by atoms with van der Waals surface area (Å²) >= 11 is 0. The molecule has 0 bridgehead atoms. The van der Waals surface area contributed by atoms with E-state index in [4.69, 9.17) is 4.74 Å². The zero-order valence-electron chi connectivity index (χ0n) is 17.2. The molecule has 3 aliphatic rings. The Morgan fingerprint density at radius 3 is 2.83 bits per heavy atom. The van der Waals surface area contributed by atoms with E-state index >= 15 is 0 Å². The van der Waals surface area contributed by atoms with Crippen molar-refractivity contribution >= 4 is 17.3 Å². The van der Waals surface area contributed by atoms with Crippen LogP contribution >= 0.6 is 0 Å². The fourth-order valence-electron chi connectivity index (χ4n) is 4.42. The SMILES string of the molecule is CC1=C2C(=O)[N+](C)([O-])c3cc(C#N)ccc3C2c2c(OCC3CC3)ncc(C)c2N1. The molecule has 1 aromatic carbocycles. The van der Waals surface area contributed by atoms with Gasteiger partial charge in [0.2, 0.25) is 5.88 Å². The fraction of sp³-hybridized carbons (Fsp3) is 0.348. The first-order valence-corrected chi connectivity index (χ1v) is 10.1. The molecule has 1 aliphatic carbocycles. The molecule has 1 fully saturated rings. The number of carbonyl (C=O) groups excluding carboxylic acids is 1. The standard InChI is InChI=1S/C23H22N4O3/c1-12-10-25-22(30-11-14-4-5-14)20-19-16-7-6-15(9-24)8-17(16)27(3,29)23(28)18(19)13(2)26-21(12)20/h6-8,10,14,19,26H,4-5,11H2,1-3H3. The van der Waals surface area contributed by atoms with Crippen molar-refractivity contribution < 1.29 is 9.53 Å². The number of nitrogens with zero attached hydrogens (tertiary/aromatic N) is 3. The molecule has 7 nitrogen and oxygen atoms in total. The minimum Gasteiger partial charge on any atom is -0.620 e. The molecule has 2 unspecified atom stereocenters. The predicted molar refractivity (Wildman–Crippen MR) is 113 cm³/mol. The Morgan fingerprint density at radius 2 is 2.13 bits per heavy atom. The van der Waals surface area contributed by atoms with Gasteiger partial charge in [0, 0.05) is 23.5 Å². The van der Waals surface area contributed by atoms with Crippen molar-refractivity contribution in [3.05, 3.63) is 63.1 Å². The van der Waals surface area contributed by atoms with E-state index in [0.717, 1.165) is 29.7 Å². The number of quaternary nitrogens is 1. The lowest BCUT2D eigenvalue weighted by atomic mass is 9.76. The first kappa shape index (κ1) is 18.8. The molecule has 1 aromatic heterocycles. The number of nitriles is 1. The molecule has 0 spiro atoms. The van der Waals surface area contributed by atoms with Gasteiger partial charge in [-0.2, -0.15) is 5.26 Å². The van der Waals surface area contributed by atoms with Crippen LogP contribution in [-0.4, -0.2) is 24.5 Å². The molecular weight excluding hydrogens is 380 g/mol. The molecule has 1 amide bonds. The number of ether oxygens (including phenoxy) is 1. The second-order valence-corrected chi connectivity index (χ2v) is 8.50. The van der Waals surface area contributed by atoms with Crippen LogP contribution in [0, 0.1) is 29.4 Å². The molecule has 1 N–H and O–H groups in total. The van der Waals surface area contributed by atoms with Crippen molar-refractivity contribution in [2.24, 2.45) is 5.92 Å². The number of anilines is 1. The summed E-state index contributed by atoms with van der Waals surface area (Å²) in [7, 11) is 1.33. The smallest absolute Gasteiger partial charge is 0.349 e. The summed E-state index contributed by atoms with van der Waals surface area (Å²) in [4.78, 5) is 17.9. The molecule has 1 saturated carbocycles. The third-order valence-electron chi connectivity index (χ3n) is 6.26. The molecule has 5 rings (SSSR count). The van der Waals surface area contributed by atoms with E-state index in [1.165, 1.54) is 13.1 Å². The summed E-state index contributed by atoms with van der Waals surface area (Å²) in [6, 6.07) is 7.08. The number of aromatic nitrogens is 1. The minimum atomic E-state index is -1.18. The maximum atomic E-state index is 13.4. The van der Waals surface area contributed by atoms with Crippen LogP contribution in [0.4, 0.5) is 11.4 Å². The van der Waals surface area contributed by atoms with E-state index in [0.29, 0.717) is 46.5 Å². The molecule has 3 heterocycles. The normalized spacial score (nSPS) is 24.4. The number of pyridine rings is 1. The topological polar surface area (TPSA) is 98.1 Å². The van der Waals surface area contributed by atoms with E-state index in [9.17, 15) is 15.3 Å². The van der Waals surface area contributed by atoms with E-state index in [1.54, 1.807) is 18.3 Å². The minimum absolute atomic E-state index is 0.295. The number of allylic oxidation sites excluding steroid dienone is 1. The maximum absolute atomic E-state index is 13.4. The fourth-order valence-corrected chi connectivity index (χ4v) is 4.42. The average Bonchev–Trinajstić information content (AvgIpc) is 3.55. The van der Waals surface area contributed by atoms with Gasteiger partial charge < -0.3 is 15.3 Å². The van der Waals surface area contributed by atoms with Crippen molar-refractivity contribution in [3.63, 3.8) is 0 Å². The highest BCUT2D eigenvalue weighted by Gasteiger charge is 2.48. The van der Waals surface area contributed by atoms with E-state index in [2.05, 4.69) is 16.4 Å². The zero-order valence-corrected chi connectivity index (χ0v) is 17.2. The van der Waals surface area contributed by atoms with Crippen LogP contribution in [0.15, 0.2) is 35.7 Å². The van der Waals surface area contributed by atoms with Crippen LogP contribution in [0.1, 0.15) is 47.9 Å². The second kappa shape index (κ2) is 6.39. The number of hydrogen-bond acceptors (Lipinski definition) is 6. The molecule has 2 aromatic rings. The van der Waals surface area contributed by atoms with Crippen LogP contribution in [0.3, 0.4) is 0 Å². The van der Waals surface area contributed by atoms with Gasteiger partial charge in [-0.3, -0.25) is 4.65 Å². The van der Waals surface area contributed by atoms with Crippen LogP contribution < -0.4 is 14.7 Å². The van der Waals surface area contributed by atoms with E-state index in [1.807, 2.05) is 13.8 Å². The number of nitrogens with one attached hydrogen (secondary N) is 1. The molecule has 2 aliphatic heterocycles. The van der Waals surface area contributed by atoms with E-state index in [-0.39, 0.29) is 0 Å². The molecule has 7 heteroatoms. The van der Waals surface area contributed by atoms with Gasteiger partial charge >= 0.3 is 5.91 Å². The number of carbonyl (C=O) groups is 1. The summed E-state index contributed by atoms with van der Waals surface area (Å²) in [5.41, 5.74) is 5.05. The van der Waals surface area contributed by atoms with Gasteiger partial charge in [-0.25, -0.2) is 9.78 Å². The number of hydrogen-bond donors (Lipinski definition) is 1. The summed E-state index contributed by atoms with van der Waals surface area (Å²) < 4.78 is 4.92. The molecule has 152 valence electrons. The van der Waals surface area contributed by atoms with Crippen molar-refractivity contribution in [1.29, 1.82) is 5.26 Å². The van der Waals surface area contributed by atoms with Gasteiger partial charge in [0.25, 0.3) is 0 Å². The lowest BCUT2D eigenvalue weighted by Crippen LogP contribution is -2.51. The molecular formula is C23H22N4O3. The van der Waals surface area contributed by atoms with Gasteiger partial charge in [-0.05, 0) is 44.2 Å². The third kappa shape index (κ3) is 2.65. The summed E-state index contributed by atoms with van der Waals surface area (Å²) in [5.74, 6) is 0.0540. The highest BCUT2D eigenvalue weighted by molar-refractivity contribution is 6.09. The molecule has 0 saturated heterocycles. The number of benzene rings is 1. The van der Waals surface area contributed by atoms with Crippen molar-refractivity contribution in [1.82, 2.24) is 9.63 Å². The molecule has 30 heavy (non-hydrogen) atoms. The third-order valence-corrected chi connectivity index (χ3v) is 6.26. The summed E-state index contributed by atoms with van der Waals surface area (Å²) in [5, 5.41) is 26.1. The Balaban J connectivity index is 1.77. The van der Waals surface area contributed by atoms with Crippen LogP contribution in [0.25, 0.3) is 0 Å². The monoisotopic (exact) mass is 402 g/mol. The number of rotatable bonds is 3. The lowest BCUT2D eigenvalue weighted by molar-refractivity contribution is -0.123. The largest absolute Gasteiger partial charge is 0.620 e. The molecule has 2 atom stereocenters. The van der Waals surface area contributed by atoms with Crippen molar-refractivity contribution in [2.75, 3.05) is 19.0 Å². The maximum Gasteiger partial charge on any atom is 0.349 e. The Hall–Kier alpha value is -3.21. The second-order valence-electron chi connectivity index (χ2n) is 8.50. The van der Waals surface area contributed by atoms with Gasteiger partial charge in [0.05, 0.1) is 48.0 Å². The summed E-state index contributed by atoms with van der Waals surface area (Å²) in [6.07, 6.45) is 4.08. The van der Waals surface area contributed by atoms with Crippen LogP contribution in [0.2, 0.25) is 0 Å². The van der Waals surface area contributed by atoms with Crippen molar-refractivity contribution in [3.8, 4) is 11.9 Å². The number of likely N-dealkylation sites (N-methyl/N-ethyl adjacent to an activating group) is 1. The Morgan fingerprint density at radius 1 is 1.37 bits per heavy atom. The van der Waals surface area contributed by atoms with Gasteiger partial charge in [0.15, 0.2) is 0 Å². The highest BCUT2D eigenvalue weighted by Crippen LogP contribution is 2.53. The highest BCUT2D eigenvalue weighted by atomic mass is 16.6. The molecule has 0 radical (unpaired) electrons. The summed E-state index contributed by atoms with van der Waals surface area (Å²) in [6.45, 7) is 4.37.